The second-order valence-electron chi connectivity index (χ2n) is 5.14. The van der Waals surface area contributed by atoms with Crippen LogP contribution in [-0.4, -0.2) is 25.8 Å². The van der Waals surface area contributed by atoms with Crippen LogP contribution in [0.3, 0.4) is 0 Å². The highest BCUT2D eigenvalue weighted by molar-refractivity contribution is 7.60. The molecule has 0 saturated carbocycles. The van der Waals surface area contributed by atoms with Gasteiger partial charge in [-0.1, -0.05) is 25.1 Å². The van der Waals surface area contributed by atoms with Crippen molar-refractivity contribution in [1.29, 1.82) is 0 Å². The molecule has 0 radical (unpaired) electrons. The third kappa shape index (κ3) is 3.62. The highest BCUT2D eigenvalue weighted by Crippen LogP contribution is 2.39. The van der Waals surface area contributed by atoms with Gasteiger partial charge < -0.3 is 20.0 Å². The van der Waals surface area contributed by atoms with E-state index in [0.29, 0.717) is 12.0 Å². The van der Waals surface area contributed by atoms with Crippen molar-refractivity contribution in [3.8, 4) is 11.5 Å². The maximum Gasteiger partial charge on any atom is 0.357 e. The van der Waals surface area contributed by atoms with Crippen LogP contribution in [0.5, 0.6) is 11.5 Å². The Balaban J connectivity index is 2.57. The van der Waals surface area contributed by atoms with E-state index < -0.39 is 30.4 Å². The summed E-state index contributed by atoms with van der Waals surface area (Å²) in [5.41, 5.74) is 0.133. The highest BCUT2D eigenvalue weighted by atomic mass is 31.2. The lowest BCUT2D eigenvalue weighted by Gasteiger charge is -2.18. The number of hydrogen-bond acceptors (Lipinski definition) is 4. The van der Waals surface area contributed by atoms with Gasteiger partial charge in [0.15, 0.2) is 5.78 Å². The summed E-state index contributed by atoms with van der Waals surface area (Å²) in [6.07, 6.45) is 0.344. The van der Waals surface area contributed by atoms with Gasteiger partial charge in [0.25, 0.3) is 0 Å². The van der Waals surface area contributed by atoms with Crippen molar-refractivity contribution < 1.29 is 29.4 Å². The van der Waals surface area contributed by atoms with Gasteiger partial charge in [-0.2, -0.15) is 0 Å². The van der Waals surface area contributed by atoms with E-state index in [4.69, 9.17) is 0 Å². The quantitative estimate of drug-likeness (QED) is 0.492. The van der Waals surface area contributed by atoms with Gasteiger partial charge >= 0.3 is 7.60 Å². The Labute approximate surface area is 133 Å². The third-order valence-corrected chi connectivity index (χ3v) is 4.58. The lowest BCUT2D eigenvalue weighted by Crippen LogP contribution is -2.21. The van der Waals surface area contributed by atoms with E-state index >= 15 is 0 Å². The van der Waals surface area contributed by atoms with E-state index in [0.717, 1.165) is 6.07 Å². The van der Waals surface area contributed by atoms with E-state index in [1.165, 1.54) is 24.3 Å². The average molecular weight is 336 g/mol. The average Bonchev–Trinajstić information content (AvgIpc) is 2.46. The van der Waals surface area contributed by atoms with Crippen LogP contribution in [0.25, 0.3) is 0 Å². The molecule has 122 valence electrons. The summed E-state index contributed by atoms with van der Waals surface area (Å²) in [6, 6.07) is 9.71. The molecule has 7 heteroatoms. The molecule has 23 heavy (non-hydrogen) atoms. The third-order valence-electron chi connectivity index (χ3n) is 3.58. The molecule has 2 aromatic carbocycles. The minimum Gasteiger partial charge on any atom is -0.508 e. The summed E-state index contributed by atoms with van der Waals surface area (Å²) >= 11 is 0. The van der Waals surface area contributed by atoms with Crippen LogP contribution in [0.15, 0.2) is 42.5 Å². The number of hydrogen-bond donors (Lipinski definition) is 4. The summed E-state index contributed by atoms with van der Waals surface area (Å²) in [5, 5.41) is 19.0. The van der Waals surface area contributed by atoms with Crippen LogP contribution in [-0.2, 0) is 4.57 Å². The molecule has 0 heterocycles. The minimum atomic E-state index is -4.72. The van der Waals surface area contributed by atoms with Gasteiger partial charge in [0.05, 0.1) is 10.9 Å². The second kappa shape index (κ2) is 6.54. The fraction of sp³-hybridized carbons (Fsp3) is 0.188. The van der Waals surface area contributed by atoms with Gasteiger partial charge in [-0.15, -0.1) is 0 Å². The SMILES string of the molecule is CCC(C(=O)c1c(O)cccc1P(=O)(O)O)c1cccc(O)c1. The van der Waals surface area contributed by atoms with Crippen LogP contribution in [0, 0.1) is 0 Å². The van der Waals surface area contributed by atoms with E-state index in [9.17, 15) is 29.4 Å². The molecule has 0 spiro atoms. The van der Waals surface area contributed by atoms with Crippen LogP contribution in [0.1, 0.15) is 35.2 Å². The first kappa shape index (κ1) is 17.2. The number of aromatic hydroxyl groups is 2. The van der Waals surface area contributed by atoms with Crippen molar-refractivity contribution in [1.82, 2.24) is 0 Å². The van der Waals surface area contributed by atoms with Crippen LogP contribution in [0.4, 0.5) is 0 Å². The number of phenolic OH excluding ortho intramolecular Hbond substituents is 2. The second-order valence-corrected chi connectivity index (χ2v) is 6.71. The molecule has 0 amide bonds. The van der Waals surface area contributed by atoms with Crippen molar-refractivity contribution in [3.63, 3.8) is 0 Å². The van der Waals surface area contributed by atoms with Gasteiger partial charge in [-0.3, -0.25) is 9.36 Å². The first-order valence-corrected chi connectivity index (χ1v) is 8.58. The Bertz CT molecular complexity index is 780. The fourth-order valence-corrected chi connectivity index (χ4v) is 3.31. The van der Waals surface area contributed by atoms with E-state index in [2.05, 4.69) is 0 Å². The molecule has 6 nitrogen and oxygen atoms in total. The fourth-order valence-electron chi connectivity index (χ4n) is 2.51. The van der Waals surface area contributed by atoms with Gasteiger partial charge in [-0.25, -0.2) is 0 Å². The van der Waals surface area contributed by atoms with Crippen LogP contribution < -0.4 is 5.30 Å². The van der Waals surface area contributed by atoms with Crippen molar-refractivity contribution in [3.05, 3.63) is 53.6 Å². The summed E-state index contributed by atoms with van der Waals surface area (Å²) in [4.78, 5) is 31.6. The largest absolute Gasteiger partial charge is 0.508 e. The summed E-state index contributed by atoms with van der Waals surface area (Å²) in [6.45, 7) is 1.74. The molecule has 0 aromatic heterocycles. The molecule has 2 aromatic rings. The number of phenols is 2. The van der Waals surface area contributed by atoms with Crippen molar-refractivity contribution >= 4 is 18.7 Å². The maximum atomic E-state index is 12.8. The lowest BCUT2D eigenvalue weighted by molar-refractivity contribution is 0.0955. The highest BCUT2D eigenvalue weighted by Gasteiger charge is 2.31. The molecule has 0 aliphatic heterocycles. The molecule has 0 saturated heterocycles. The predicted octanol–water partition coefficient (Wildman–Crippen LogP) is 2.28. The number of carbonyl (C=O) groups excluding carboxylic acids is 1. The first-order valence-electron chi connectivity index (χ1n) is 6.97. The number of rotatable bonds is 5. The maximum absolute atomic E-state index is 12.8. The summed E-state index contributed by atoms with van der Waals surface area (Å²) in [7, 11) is -4.72. The molecular formula is C16H17O6P. The minimum absolute atomic E-state index is 0.0127. The zero-order chi connectivity index (χ0) is 17.2. The van der Waals surface area contributed by atoms with E-state index in [1.54, 1.807) is 19.1 Å². The number of Topliss-reactive ketones (excluding diaryl/α,β-unsaturated/α-hetero) is 1. The number of ketones is 1. The lowest BCUT2D eigenvalue weighted by atomic mass is 9.88. The molecule has 1 atom stereocenters. The zero-order valence-corrected chi connectivity index (χ0v) is 13.3. The standard InChI is InChI=1S/C16H17O6P/c1-2-12(10-5-3-6-11(17)9-10)16(19)15-13(18)7-4-8-14(15)23(20,21)22/h3-9,12,17-18H,2H2,1H3,(H2,20,21,22). The Hall–Kier alpha value is -2.14. The van der Waals surface area contributed by atoms with Crippen molar-refractivity contribution in [2.45, 2.75) is 19.3 Å². The smallest absolute Gasteiger partial charge is 0.357 e. The van der Waals surface area contributed by atoms with Gasteiger partial charge in [0.2, 0.25) is 0 Å². The molecule has 4 N–H and O–H groups in total. The molecule has 0 fully saturated rings. The zero-order valence-electron chi connectivity index (χ0n) is 12.4. The van der Waals surface area contributed by atoms with Crippen LogP contribution in [0.2, 0.25) is 0 Å². The van der Waals surface area contributed by atoms with Gasteiger partial charge in [0.1, 0.15) is 11.5 Å². The van der Waals surface area contributed by atoms with Crippen molar-refractivity contribution in [2.24, 2.45) is 0 Å². The Kier molecular flexibility index (Phi) is 4.90. The molecule has 1 unspecified atom stereocenters. The Morgan fingerprint density at radius 2 is 1.78 bits per heavy atom. The molecule has 0 bridgehead atoms. The van der Waals surface area contributed by atoms with Crippen LogP contribution >= 0.6 is 7.60 Å². The molecule has 2 rings (SSSR count). The number of benzene rings is 2. The first-order chi connectivity index (χ1) is 10.8. The normalized spacial score (nSPS) is 12.8. The van der Waals surface area contributed by atoms with Gasteiger partial charge in [0, 0.05) is 5.92 Å². The van der Waals surface area contributed by atoms with E-state index in [1.807, 2.05) is 0 Å². The van der Waals surface area contributed by atoms with E-state index in [-0.39, 0.29) is 11.3 Å². The summed E-state index contributed by atoms with van der Waals surface area (Å²) < 4.78 is 11.6. The predicted molar refractivity (Wildman–Crippen MR) is 85.3 cm³/mol. The number of carbonyl (C=O) groups is 1. The topological polar surface area (TPSA) is 115 Å². The Morgan fingerprint density at radius 3 is 2.35 bits per heavy atom. The molecule has 0 aliphatic rings. The molecule has 0 aliphatic carbocycles. The molecular weight excluding hydrogens is 319 g/mol. The monoisotopic (exact) mass is 336 g/mol. The van der Waals surface area contributed by atoms with Crippen molar-refractivity contribution in [2.75, 3.05) is 0 Å². The Morgan fingerprint density at radius 1 is 1.13 bits per heavy atom. The van der Waals surface area contributed by atoms with Gasteiger partial charge in [-0.05, 0) is 36.2 Å². The summed E-state index contributed by atoms with van der Waals surface area (Å²) in [5.74, 6) is -1.83.